The molecular formula is C24H30ClN3O2. The Morgan fingerprint density at radius 2 is 1.53 bits per heavy atom. The minimum atomic E-state index is 0. The molecule has 0 aliphatic heterocycles. The summed E-state index contributed by atoms with van der Waals surface area (Å²) in [6, 6.07) is 14.7. The van der Waals surface area contributed by atoms with Gasteiger partial charge < -0.3 is 19.4 Å². The quantitative estimate of drug-likeness (QED) is 0.360. The molecule has 0 amide bonds. The van der Waals surface area contributed by atoms with E-state index in [-0.39, 0.29) is 12.4 Å². The highest BCUT2D eigenvalue weighted by Crippen LogP contribution is 2.29. The maximum absolute atomic E-state index is 5.58. The normalized spacial score (nSPS) is 15.0. The number of ether oxygens (including phenoxy) is 2. The van der Waals surface area contributed by atoms with Crippen molar-refractivity contribution in [3.8, 4) is 34.1 Å². The Hall–Kier alpha value is -2.66. The Morgan fingerprint density at radius 1 is 0.833 bits per heavy atom. The maximum Gasteiger partial charge on any atom is 0.146 e. The van der Waals surface area contributed by atoms with E-state index < -0.39 is 0 Å². The number of nitrogens with one attached hydrogen (secondary N) is 2. The van der Waals surface area contributed by atoms with Crippen LogP contribution >= 0.6 is 12.4 Å². The van der Waals surface area contributed by atoms with Crippen LogP contribution in [0.25, 0.3) is 22.6 Å². The summed E-state index contributed by atoms with van der Waals surface area (Å²) >= 11 is 0. The largest absolute Gasteiger partial charge is 0.497 e. The number of aromatic amines is 2. The van der Waals surface area contributed by atoms with E-state index in [1.165, 1.54) is 38.5 Å². The average molecular weight is 428 g/mol. The SMILES string of the molecule is COc1ccc(-c2ccc(-c3cc(OC)c(C=NC4CCCCCC4)[nH]3)[nH]2)cc1.Cl. The minimum absolute atomic E-state index is 0. The Balaban J connectivity index is 0.00000256. The van der Waals surface area contributed by atoms with Crippen molar-refractivity contribution < 1.29 is 9.47 Å². The first-order valence-corrected chi connectivity index (χ1v) is 10.4. The lowest BCUT2D eigenvalue weighted by Gasteiger charge is -2.07. The van der Waals surface area contributed by atoms with Crippen molar-refractivity contribution in [1.82, 2.24) is 9.97 Å². The van der Waals surface area contributed by atoms with Gasteiger partial charge in [-0.1, -0.05) is 25.7 Å². The summed E-state index contributed by atoms with van der Waals surface area (Å²) in [5.41, 5.74) is 5.11. The molecular weight excluding hydrogens is 398 g/mol. The number of benzene rings is 1. The first kappa shape index (κ1) is 22.0. The van der Waals surface area contributed by atoms with E-state index in [2.05, 4.69) is 34.2 Å². The standard InChI is InChI=1S/C24H29N3O2.ClH/c1-28-19-11-9-17(10-12-19)20-13-14-21(26-20)22-15-24(29-2)23(27-22)16-25-18-7-5-3-4-6-8-18;/h9-16,18,26-27H,3-8H2,1-2H3;1H. The number of aliphatic imine (C=N–C) groups is 1. The van der Waals surface area contributed by atoms with Gasteiger partial charge in [0.25, 0.3) is 0 Å². The number of methoxy groups -OCH3 is 2. The lowest BCUT2D eigenvalue weighted by atomic mass is 10.1. The number of H-pyrrole nitrogens is 2. The van der Waals surface area contributed by atoms with Crippen LogP contribution in [0.3, 0.4) is 0 Å². The van der Waals surface area contributed by atoms with Crippen molar-refractivity contribution >= 4 is 18.6 Å². The maximum atomic E-state index is 5.58. The fourth-order valence-corrected chi connectivity index (χ4v) is 3.94. The topological polar surface area (TPSA) is 62.4 Å². The van der Waals surface area contributed by atoms with E-state index in [0.717, 1.165) is 39.8 Å². The van der Waals surface area contributed by atoms with Crippen molar-refractivity contribution in [1.29, 1.82) is 0 Å². The van der Waals surface area contributed by atoms with Gasteiger partial charge in [0.2, 0.25) is 0 Å². The molecule has 2 heterocycles. The highest BCUT2D eigenvalue weighted by atomic mass is 35.5. The van der Waals surface area contributed by atoms with Gasteiger partial charge >= 0.3 is 0 Å². The molecule has 0 atom stereocenters. The molecule has 6 heteroatoms. The number of hydrogen-bond donors (Lipinski definition) is 2. The van der Waals surface area contributed by atoms with Gasteiger partial charge in [-0.15, -0.1) is 12.4 Å². The van der Waals surface area contributed by atoms with Crippen molar-refractivity contribution in [2.45, 2.75) is 44.6 Å². The molecule has 160 valence electrons. The summed E-state index contributed by atoms with van der Waals surface area (Å²) < 4.78 is 10.8. The third-order valence-corrected chi connectivity index (χ3v) is 5.65. The van der Waals surface area contributed by atoms with Gasteiger partial charge in [0.05, 0.1) is 37.3 Å². The summed E-state index contributed by atoms with van der Waals surface area (Å²) in [5.74, 6) is 1.67. The van der Waals surface area contributed by atoms with Crippen LogP contribution in [-0.4, -0.2) is 36.4 Å². The summed E-state index contributed by atoms with van der Waals surface area (Å²) in [5, 5.41) is 0. The number of hydrogen-bond acceptors (Lipinski definition) is 3. The van der Waals surface area contributed by atoms with E-state index in [0.29, 0.717) is 6.04 Å². The predicted octanol–water partition coefficient (Wildman–Crippen LogP) is 6.26. The molecule has 1 fully saturated rings. The van der Waals surface area contributed by atoms with Crippen LogP contribution < -0.4 is 9.47 Å². The highest BCUT2D eigenvalue weighted by Gasteiger charge is 2.13. The van der Waals surface area contributed by atoms with Crippen LogP contribution in [0.2, 0.25) is 0 Å². The number of aromatic nitrogens is 2. The van der Waals surface area contributed by atoms with E-state index in [9.17, 15) is 0 Å². The summed E-state index contributed by atoms with van der Waals surface area (Å²) in [6.07, 6.45) is 9.57. The lowest BCUT2D eigenvalue weighted by Crippen LogP contribution is -2.03. The van der Waals surface area contributed by atoms with E-state index in [1.807, 2.05) is 24.4 Å². The second kappa shape index (κ2) is 10.4. The summed E-state index contributed by atoms with van der Waals surface area (Å²) in [6.45, 7) is 0. The summed E-state index contributed by atoms with van der Waals surface area (Å²) in [7, 11) is 3.38. The second-order valence-corrected chi connectivity index (χ2v) is 7.60. The van der Waals surface area contributed by atoms with Crippen LogP contribution in [0, 0.1) is 0 Å². The van der Waals surface area contributed by atoms with Crippen molar-refractivity contribution in [3.63, 3.8) is 0 Å². The number of halogens is 1. The van der Waals surface area contributed by atoms with Crippen LogP contribution in [-0.2, 0) is 0 Å². The molecule has 1 saturated carbocycles. The van der Waals surface area contributed by atoms with Gasteiger partial charge in [-0.05, 0) is 54.8 Å². The third kappa shape index (κ3) is 5.08. The van der Waals surface area contributed by atoms with Crippen LogP contribution in [0.1, 0.15) is 44.2 Å². The molecule has 1 aromatic carbocycles. The Kier molecular flexibility index (Phi) is 7.63. The summed E-state index contributed by atoms with van der Waals surface area (Å²) in [4.78, 5) is 11.8. The molecule has 0 bridgehead atoms. The highest BCUT2D eigenvalue weighted by molar-refractivity contribution is 5.85. The predicted molar refractivity (Wildman–Crippen MR) is 125 cm³/mol. The van der Waals surface area contributed by atoms with Crippen LogP contribution in [0.5, 0.6) is 11.5 Å². The lowest BCUT2D eigenvalue weighted by molar-refractivity contribution is 0.414. The second-order valence-electron chi connectivity index (χ2n) is 7.60. The van der Waals surface area contributed by atoms with Gasteiger partial charge in [0, 0.05) is 18.0 Å². The zero-order valence-corrected chi connectivity index (χ0v) is 18.4. The van der Waals surface area contributed by atoms with Crippen molar-refractivity contribution in [2.24, 2.45) is 4.99 Å². The van der Waals surface area contributed by atoms with Crippen molar-refractivity contribution in [3.05, 3.63) is 48.2 Å². The first-order chi connectivity index (χ1) is 14.3. The fraction of sp³-hybridized carbons (Fsp3) is 0.375. The van der Waals surface area contributed by atoms with Crippen LogP contribution in [0.15, 0.2) is 47.5 Å². The zero-order valence-electron chi connectivity index (χ0n) is 17.6. The smallest absolute Gasteiger partial charge is 0.146 e. The van der Waals surface area contributed by atoms with Crippen LogP contribution in [0.4, 0.5) is 0 Å². The van der Waals surface area contributed by atoms with Gasteiger partial charge in [0.1, 0.15) is 11.5 Å². The molecule has 2 aromatic heterocycles. The number of rotatable bonds is 6. The minimum Gasteiger partial charge on any atom is -0.497 e. The molecule has 1 aliphatic carbocycles. The van der Waals surface area contributed by atoms with E-state index >= 15 is 0 Å². The Labute approximate surface area is 184 Å². The molecule has 0 spiro atoms. The molecule has 2 N–H and O–H groups in total. The molecule has 4 rings (SSSR count). The van der Waals surface area contributed by atoms with Gasteiger partial charge in [-0.25, -0.2) is 0 Å². The first-order valence-electron chi connectivity index (χ1n) is 10.4. The average Bonchev–Trinajstić information content (AvgIpc) is 3.33. The Bertz CT molecular complexity index is 951. The fourth-order valence-electron chi connectivity index (χ4n) is 3.94. The van der Waals surface area contributed by atoms with Gasteiger partial charge in [0.15, 0.2) is 0 Å². The molecule has 1 aliphatic rings. The molecule has 0 radical (unpaired) electrons. The Morgan fingerprint density at radius 3 is 2.20 bits per heavy atom. The zero-order chi connectivity index (χ0) is 20.1. The molecule has 0 unspecified atom stereocenters. The molecule has 5 nitrogen and oxygen atoms in total. The van der Waals surface area contributed by atoms with E-state index in [1.54, 1.807) is 14.2 Å². The molecule has 0 saturated heterocycles. The van der Waals surface area contributed by atoms with E-state index in [4.69, 9.17) is 14.5 Å². The number of nitrogens with zero attached hydrogens (tertiary/aromatic N) is 1. The van der Waals surface area contributed by atoms with Crippen molar-refractivity contribution in [2.75, 3.05) is 14.2 Å². The monoisotopic (exact) mass is 427 g/mol. The molecule has 3 aromatic rings. The van der Waals surface area contributed by atoms with Gasteiger partial charge in [-0.3, -0.25) is 4.99 Å². The third-order valence-electron chi connectivity index (χ3n) is 5.65. The molecule has 30 heavy (non-hydrogen) atoms. The van der Waals surface area contributed by atoms with Gasteiger partial charge in [-0.2, -0.15) is 0 Å².